The van der Waals surface area contributed by atoms with Gasteiger partial charge in [0.1, 0.15) is 6.54 Å². The first-order chi connectivity index (χ1) is 12.5. The fourth-order valence-corrected chi connectivity index (χ4v) is 2.97. The summed E-state index contributed by atoms with van der Waals surface area (Å²) in [4.78, 5) is 26.4. The van der Waals surface area contributed by atoms with Crippen LogP contribution in [0.5, 0.6) is 0 Å². The lowest BCUT2D eigenvalue weighted by Crippen LogP contribution is -2.42. The third kappa shape index (κ3) is 5.00. The number of halogens is 1. The average molecular weight is 395 g/mol. The first-order valence-corrected chi connectivity index (χ1v) is 8.96. The number of hydrogen-bond donors (Lipinski definition) is 2. The van der Waals surface area contributed by atoms with Crippen LogP contribution in [-0.4, -0.2) is 53.6 Å². The van der Waals surface area contributed by atoms with Gasteiger partial charge in [0, 0.05) is 41.9 Å². The molecule has 2 unspecified atom stereocenters. The Morgan fingerprint density at radius 3 is 2.59 bits per heavy atom. The Kier molecular flexibility index (Phi) is 7.24. The zero-order valence-corrected chi connectivity index (χ0v) is 16.5. The maximum absolute atomic E-state index is 12.4. The van der Waals surface area contributed by atoms with Crippen LogP contribution in [-0.2, 0) is 20.9 Å². The predicted octanol–water partition coefficient (Wildman–Crippen LogP) is 1.84. The molecule has 2 atom stereocenters. The summed E-state index contributed by atoms with van der Waals surface area (Å²) in [5.74, 6) is -0.267. The molecule has 3 rings (SSSR count). The molecule has 8 heteroatoms. The van der Waals surface area contributed by atoms with E-state index in [9.17, 15) is 9.59 Å². The highest BCUT2D eigenvalue weighted by molar-refractivity contribution is 5.95. The van der Waals surface area contributed by atoms with Crippen molar-refractivity contribution in [1.29, 1.82) is 0 Å². The number of nitrogens with one attached hydrogen (secondary N) is 1. The number of benzene rings is 1. The summed E-state index contributed by atoms with van der Waals surface area (Å²) in [5, 5.41) is 3.88. The van der Waals surface area contributed by atoms with Crippen molar-refractivity contribution in [3.05, 3.63) is 30.5 Å². The van der Waals surface area contributed by atoms with Crippen molar-refractivity contribution in [2.45, 2.75) is 26.4 Å². The van der Waals surface area contributed by atoms with Gasteiger partial charge in [-0.3, -0.25) is 9.59 Å². The molecule has 148 valence electrons. The van der Waals surface area contributed by atoms with Gasteiger partial charge in [-0.15, -0.1) is 12.4 Å². The van der Waals surface area contributed by atoms with Gasteiger partial charge in [0.25, 0.3) is 0 Å². The molecule has 7 nitrogen and oxygen atoms in total. The Bertz CT molecular complexity index is 799. The van der Waals surface area contributed by atoms with Crippen LogP contribution in [0.25, 0.3) is 10.9 Å². The van der Waals surface area contributed by atoms with Gasteiger partial charge >= 0.3 is 0 Å². The molecule has 27 heavy (non-hydrogen) atoms. The normalized spacial score (nSPS) is 16.5. The van der Waals surface area contributed by atoms with Crippen LogP contribution in [0, 0.1) is 5.92 Å². The smallest absolute Gasteiger partial charge is 0.242 e. The topological polar surface area (TPSA) is 89.6 Å². The van der Waals surface area contributed by atoms with Crippen molar-refractivity contribution in [2.24, 2.45) is 11.7 Å². The summed E-state index contributed by atoms with van der Waals surface area (Å²) < 4.78 is 7.22. The van der Waals surface area contributed by atoms with E-state index in [1.54, 1.807) is 0 Å². The summed E-state index contributed by atoms with van der Waals surface area (Å²) in [5.41, 5.74) is 7.48. The molecule has 3 N–H and O–H groups in total. The zero-order valence-electron chi connectivity index (χ0n) is 15.7. The molecule has 1 fully saturated rings. The lowest BCUT2D eigenvalue weighted by molar-refractivity contribution is -0.135. The summed E-state index contributed by atoms with van der Waals surface area (Å²) >= 11 is 0. The number of anilines is 1. The molecule has 0 bridgehead atoms. The van der Waals surface area contributed by atoms with Gasteiger partial charge in [0.15, 0.2) is 0 Å². The van der Waals surface area contributed by atoms with Crippen molar-refractivity contribution >= 4 is 40.8 Å². The van der Waals surface area contributed by atoms with E-state index in [1.807, 2.05) is 53.8 Å². The number of hydrogen-bond acceptors (Lipinski definition) is 4. The van der Waals surface area contributed by atoms with Crippen molar-refractivity contribution in [3.63, 3.8) is 0 Å². The number of carbonyl (C=O) groups is 2. The minimum absolute atomic E-state index is 0. The molecule has 0 aliphatic carbocycles. The van der Waals surface area contributed by atoms with Crippen LogP contribution in [0.2, 0.25) is 0 Å². The van der Waals surface area contributed by atoms with Crippen molar-refractivity contribution in [1.82, 2.24) is 9.47 Å². The lowest BCUT2D eigenvalue weighted by atomic mass is 10.0. The molecule has 1 saturated heterocycles. The third-order valence-electron chi connectivity index (χ3n) is 4.91. The van der Waals surface area contributed by atoms with Gasteiger partial charge in [0.05, 0.1) is 19.1 Å². The van der Waals surface area contributed by atoms with Gasteiger partial charge in [0.2, 0.25) is 11.8 Å². The van der Waals surface area contributed by atoms with Gasteiger partial charge < -0.3 is 25.3 Å². The van der Waals surface area contributed by atoms with E-state index < -0.39 is 0 Å². The largest absolute Gasteiger partial charge is 0.378 e. The highest BCUT2D eigenvalue weighted by Gasteiger charge is 2.19. The Morgan fingerprint density at radius 2 is 1.93 bits per heavy atom. The van der Waals surface area contributed by atoms with E-state index in [-0.39, 0.29) is 36.2 Å². The fourth-order valence-electron chi connectivity index (χ4n) is 2.97. The number of nitrogens with zero attached hydrogens (tertiary/aromatic N) is 2. The van der Waals surface area contributed by atoms with Crippen molar-refractivity contribution in [3.8, 4) is 0 Å². The van der Waals surface area contributed by atoms with E-state index in [0.29, 0.717) is 32.8 Å². The van der Waals surface area contributed by atoms with Crippen LogP contribution in [0.3, 0.4) is 0 Å². The molecule has 2 heterocycles. The second-order valence-corrected chi connectivity index (χ2v) is 6.85. The second-order valence-electron chi connectivity index (χ2n) is 6.85. The number of morpholine rings is 1. The minimum atomic E-state index is -0.263. The predicted molar refractivity (Wildman–Crippen MR) is 108 cm³/mol. The molecule has 1 aliphatic rings. The first-order valence-electron chi connectivity index (χ1n) is 8.96. The molecular weight excluding hydrogens is 368 g/mol. The van der Waals surface area contributed by atoms with E-state index in [2.05, 4.69) is 5.32 Å². The molecule has 2 aromatic rings. The van der Waals surface area contributed by atoms with Gasteiger partial charge in [-0.05, 0) is 31.2 Å². The number of carbonyl (C=O) groups excluding carboxylic acids is 2. The van der Waals surface area contributed by atoms with E-state index in [4.69, 9.17) is 10.5 Å². The van der Waals surface area contributed by atoms with Crippen LogP contribution in [0.4, 0.5) is 5.69 Å². The Morgan fingerprint density at radius 1 is 1.22 bits per heavy atom. The molecule has 2 amide bonds. The Balaban J connectivity index is 0.00000261. The van der Waals surface area contributed by atoms with Gasteiger partial charge in [-0.1, -0.05) is 6.92 Å². The number of rotatable bonds is 5. The monoisotopic (exact) mass is 394 g/mol. The number of nitrogens with two attached hydrogens (primary N) is 1. The van der Waals surface area contributed by atoms with Gasteiger partial charge in [-0.25, -0.2) is 0 Å². The number of aromatic nitrogens is 1. The van der Waals surface area contributed by atoms with Crippen LogP contribution < -0.4 is 11.1 Å². The minimum Gasteiger partial charge on any atom is -0.378 e. The standard InChI is InChI=1S/C19H26N4O3.ClH/c1-13(14(2)20)19(25)21-16-3-4-17-15(11-16)5-6-23(17)12-18(24)22-7-9-26-10-8-22;/h3-6,11,13-14H,7-10,12,20H2,1-2H3,(H,21,25);1H. The van der Waals surface area contributed by atoms with Crippen molar-refractivity contribution < 1.29 is 14.3 Å². The first kappa shape index (κ1) is 21.2. The molecule has 1 aliphatic heterocycles. The number of ether oxygens (including phenoxy) is 1. The molecule has 1 aromatic heterocycles. The summed E-state index contributed by atoms with van der Waals surface area (Å²) in [6, 6.07) is 7.44. The maximum atomic E-state index is 12.4. The van der Waals surface area contributed by atoms with E-state index >= 15 is 0 Å². The fraction of sp³-hybridized carbons (Fsp3) is 0.474. The summed E-state index contributed by atoms with van der Waals surface area (Å²) in [6.07, 6.45) is 1.90. The lowest BCUT2D eigenvalue weighted by Gasteiger charge is -2.27. The van der Waals surface area contributed by atoms with Crippen molar-refractivity contribution in [2.75, 3.05) is 31.6 Å². The molecular formula is C19H27ClN4O3. The Hall–Kier alpha value is -2.09. The van der Waals surface area contributed by atoms with Gasteiger partial charge in [-0.2, -0.15) is 0 Å². The highest BCUT2D eigenvalue weighted by Crippen LogP contribution is 2.21. The zero-order chi connectivity index (χ0) is 18.7. The van der Waals surface area contributed by atoms with Crippen LogP contribution in [0.15, 0.2) is 30.5 Å². The number of amides is 2. The summed E-state index contributed by atoms with van der Waals surface area (Å²) in [7, 11) is 0. The third-order valence-corrected chi connectivity index (χ3v) is 4.91. The quantitative estimate of drug-likeness (QED) is 0.809. The average Bonchev–Trinajstić information content (AvgIpc) is 3.03. The molecule has 0 spiro atoms. The molecule has 0 saturated carbocycles. The Labute approximate surface area is 165 Å². The molecule has 0 radical (unpaired) electrons. The van der Waals surface area contributed by atoms with Crippen LogP contribution >= 0.6 is 12.4 Å². The van der Waals surface area contributed by atoms with E-state index in [0.717, 1.165) is 16.6 Å². The second kappa shape index (κ2) is 9.21. The number of fused-ring (bicyclic) bond motifs is 1. The van der Waals surface area contributed by atoms with E-state index in [1.165, 1.54) is 0 Å². The molecule has 1 aromatic carbocycles. The highest BCUT2D eigenvalue weighted by atomic mass is 35.5. The maximum Gasteiger partial charge on any atom is 0.242 e. The van der Waals surface area contributed by atoms with Crippen LogP contribution in [0.1, 0.15) is 13.8 Å². The summed E-state index contributed by atoms with van der Waals surface area (Å²) in [6.45, 7) is 6.42. The SMILES string of the molecule is CC(N)C(C)C(=O)Nc1ccc2c(ccn2CC(=O)N2CCOCC2)c1.Cl.